The molecule has 0 unspecified atom stereocenters. The molecule has 0 atom stereocenters. The third-order valence-electron chi connectivity index (χ3n) is 2.19. The van der Waals surface area contributed by atoms with Crippen molar-refractivity contribution >= 4 is 16.8 Å². The summed E-state index contributed by atoms with van der Waals surface area (Å²) in [5, 5.41) is 3.20. The predicted octanol–water partition coefficient (Wildman–Crippen LogP) is 0.608. The normalized spacial score (nSPS) is 13.6. The highest BCUT2D eigenvalue weighted by molar-refractivity contribution is 5.85. The van der Waals surface area contributed by atoms with Crippen molar-refractivity contribution in [2.45, 2.75) is 0 Å². The molecule has 3 rings (SSSR count). The van der Waals surface area contributed by atoms with Gasteiger partial charge in [-0.2, -0.15) is 9.98 Å². The molecule has 0 N–H and O–H groups in total. The topological polar surface area (TPSA) is 54.7 Å². The fourth-order valence-electron chi connectivity index (χ4n) is 1.57. The Morgan fingerprint density at radius 1 is 1.07 bits per heavy atom. The number of nitrogens with zero attached hydrogens (tertiary/aromatic N) is 3. The van der Waals surface area contributed by atoms with Gasteiger partial charge in [0.15, 0.2) is 0 Å². The number of hydrogen-bond donors (Lipinski definition) is 0. The maximum absolute atomic E-state index is 11.0. The van der Waals surface area contributed by atoms with E-state index in [-0.39, 0.29) is 0 Å². The number of aromatic nitrogens is 1. The summed E-state index contributed by atoms with van der Waals surface area (Å²) in [4.78, 5) is 22.6. The van der Waals surface area contributed by atoms with Crippen LogP contribution in [0.25, 0.3) is 10.8 Å². The van der Waals surface area contributed by atoms with Crippen LogP contribution in [0.1, 0.15) is 0 Å². The Morgan fingerprint density at radius 3 is 2.93 bits per heavy atom. The van der Waals surface area contributed by atoms with Crippen LogP contribution in [0.4, 0.5) is 4.79 Å². The van der Waals surface area contributed by atoms with Crippen molar-refractivity contribution in [2.75, 3.05) is 0 Å². The van der Waals surface area contributed by atoms with E-state index in [1.807, 2.05) is 12.1 Å². The van der Waals surface area contributed by atoms with Gasteiger partial charge in [-0.25, -0.2) is 4.79 Å². The number of fused-ring (bicyclic) bond motifs is 3. The Kier molecular flexibility index (Phi) is 1.28. The second-order valence-electron chi connectivity index (χ2n) is 3.04. The molecule has 0 saturated heterocycles. The van der Waals surface area contributed by atoms with Crippen molar-refractivity contribution in [3.63, 3.8) is 0 Å². The summed E-state index contributed by atoms with van der Waals surface area (Å²) in [5.41, 5.74) is 0. The van der Waals surface area contributed by atoms with Gasteiger partial charge in [0.25, 0.3) is 0 Å². The molecule has 0 spiro atoms. The zero-order valence-corrected chi connectivity index (χ0v) is 7.14. The monoisotopic (exact) mass is 183 g/mol. The van der Waals surface area contributed by atoms with Crippen LogP contribution < -0.4 is 10.7 Å². The Hall–Kier alpha value is -2.10. The molecule has 0 radical (unpaired) electrons. The Labute approximate surface area is 78.6 Å². The smallest absolute Gasteiger partial charge is 0.264 e. The molecule has 2 heterocycles. The average Bonchev–Trinajstić information content (AvgIpc) is 2.59. The highest BCUT2D eigenvalue weighted by Gasteiger charge is 2.07. The summed E-state index contributed by atoms with van der Waals surface area (Å²) >= 11 is 0. The van der Waals surface area contributed by atoms with Gasteiger partial charge in [-0.3, -0.25) is 4.98 Å². The van der Waals surface area contributed by atoms with Crippen molar-refractivity contribution < 1.29 is 4.79 Å². The van der Waals surface area contributed by atoms with Crippen molar-refractivity contribution in [2.24, 2.45) is 9.98 Å². The molecule has 2 amide bonds. The lowest BCUT2D eigenvalue weighted by Crippen LogP contribution is -2.21. The van der Waals surface area contributed by atoms with Gasteiger partial charge in [-0.1, -0.05) is 6.07 Å². The van der Waals surface area contributed by atoms with Crippen LogP contribution in [0.3, 0.4) is 0 Å². The highest BCUT2D eigenvalue weighted by Crippen LogP contribution is 2.05. The summed E-state index contributed by atoms with van der Waals surface area (Å²) < 4.78 is 0. The minimum absolute atomic E-state index is 0.427. The summed E-state index contributed by atoms with van der Waals surface area (Å²) in [5.74, 6) is 0. The van der Waals surface area contributed by atoms with Crippen LogP contribution in [0, 0.1) is 0 Å². The van der Waals surface area contributed by atoms with Gasteiger partial charge in [0.2, 0.25) is 0 Å². The lowest BCUT2D eigenvalue weighted by atomic mass is 10.1. The summed E-state index contributed by atoms with van der Waals surface area (Å²) in [7, 11) is 0. The zero-order valence-electron chi connectivity index (χ0n) is 7.14. The molecule has 1 aliphatic rings. The molecule has 2 aromatic rings. The molecule has 66 valence electrons. The van der Waals surface area contributed by atoms with E-state index in [2.05, 4.69) is 15.0 Å². The van der Waals surface area contributed by atoms with Crippen LogP contribution in [0.5, 0.6) is 0 Å². The lowest BCUT2D eigenvalue weighted by Gasteiger charge is -1.93. The molecule has 4 heteroatoms. The summed E-state index contributed by atoms with van der Waals surface area (Å²) in [6.07, 6.45) is 3.43. The first kappa shape index (κ1) is 7.32. The van der Waals surface area contributed by atoms with Gasteiger partial charge in [-0.15, -0.1) is 0 Å². The second kappa shape index (κ2) is 2.45. The Bertz CT molecular complexity index is 661. The fourth-order valence-corrected chi connectivity index (χ4v) is 1.57. The molecule has 0 saturated carbocycles. The molecule has 4 nitrogen and oxygen atoms in total. The van der Waals surface area contributed by atoms with E-state index in [4.69, 9.17) is 0 Å². The minimum Gasteiger partial charge on any atom is -0.264 e. The quantitative estimate of drug-likeness (QED) is 0.600. The largest absolute Gasteiger partial charge is 0.368 e. The molecule has 0 aliphatic carbocycles. The third-order valence-corrected chi connectivity index (χ3v) is 2.19. The van der Waals surface area contributed by atoms with Crippen LogP contribution >= 0.6 is 0 Å². The number of rotatable bonds is 0. The van der Waals surface area contributed by atoms with Crippen LogP contribution in [0.15, 0.2) is 40.6 Å². The van der Waals surface area contributed by atoms with Crippen molar-refractivity contribution in [1.82, 2.24) is 4.98 Å². The molecule has 14 heavy (non-hydrogen) atoms. The van der Waals surface area contributed by atoms with E-state index in [9.17, 15) is 4.79 Å². The van der Waals surface area contributed by atoms with E-state index in [1.165, 1.54) is 0 Å². The van der Waals surface area contributed by atoms with Crippen molar-refractivity contribution in [3.05, 3.63) is 41.3 Å². The summed E-state index contributed by atoms with van der Waals surface area (Å²) in [6, 6.07) is 5.09. The highest BCUT2D eigenvalue weighted by atomic mass is 16.2. The van der Waals surface area contributed by atoms with E-state index < -0.39 is 6.03 Å². The van der Waals surface area contributed by atoms with Crippen LogP contribution in [-0.2, 0) is 0 Å². The number of carbonyl (C=O) groups excluding carboxylic acids is 1. The van der Waals surface area contributed by atoms with Crippen molar-refractivity contribution in [3.8, 4) is 0 Å². The SMILES string of the molecule is O=C1N=c2ccc3cnccc3c2=N1. The minimum atomic E-state index is -0.427. The second-order valence-corrected chi connectivity index (χ2v) is 3.04. The number of pyridine rings is 1. The zero-order chi connectivity index (χ0) is 9.54. The van der Waals surface area contributed by atoms with E-state index in [1.54, 1.807) is 18.5 Å². The number of hydrogen-bond acceptors (Lipinski definition) is 2. The summed E-state index contributed by atoms with van der Waals surface area (Å²) in [6.45, 7) is 0. The standard InChI is InChI=1S/C10H5N3O/c14-10-12-8-2-1-6-5-11-4-3-7(6)9(8)13-10/h1-5H. The predicted molar refractivity (Wildman–Crippen MR) is 49.5 cm³/mol. The number of amides is 2. The maximum Gasteiger partial charge on any atom is 0.368 e. The third kappa shape index (κ3) is 0.877. The van der Waals surface area contributed by atoms with Gasteiger partial charge < -0.3 is 0 Å². The number of urea groups is 1. The van der Waals surface area contributed by atoms with Gasteiger partial charge in [0, 0.05) is 23.2 Å². The first-order valence-electron chi connectivity index (χ1n) is 4.19. The van der Waals surface area contributed by atoms with E-state index >= 15 is 0 Å². The molecule has 1 aromatic carbocycles. The van der Waals surface area contributed by atoms with E-state index in [0.717, 1.165) is 10.8 Å². The molecular formula is C10H5N3O. The molecule has 0 bridgehead atoms. The molecule has 1 aromatic heterocycles. The Balaban J connectivity index is 2.65. The lowest BCUT2D eigenvalue weighted by molar-refractivity contribution is 0.257. The van der Waals surface area contributed by atoms with Gasteiger partial charge in [0.05, 0.1) is 5.36 Å². The maximum atomic E-state index is 11.0. The number of benzene rings is 1. The Morgan fingerprint density at radius 2 is 2.00 bits per heavy atom. The van der Waals surface area contributed by atoms with Gasteiger partial charge in [0.1, 0.15) is 5.36 Å². The van der Waals surface area contributed by atoms with Gasteiger partial charge in [-0.05, 0) is 12.1 Å². The first-order chi connectivity index (χ1) is 6.84. The number of carbonyl (C=O) groups is 1. The van der Waals surface area contributed by atoms with Gasteiger partial charge >= 0.3 is 6.03 Å². The van der Waals surface area contributed by atoms with Crippen LogP contribution in [-0.4, -0.2) is 11.0 Å². The molecule has 1 aliphatic heterocycles. The molecule has 0 fully saturated rings. The molecular weight excluding hydrogens is 178 g/mol. The van der Waals surface area contributed by atoms with Crippen molar-refractivity contribution in [1.29, 1.82) is 0 Å². The fraction of sp³-hybridized carbons (Fsp3) is 0. The van der Waals surface area contributed by atoms with E-state index in [0.29, 0.717) is 10.7 Å². The average molecular weight is 183 g/mol. The van der Waals surface area contributed by atoms with Crippen LogP contribution in [0.2, 0.25) is 0 Å². The first-order valence-corrected chi connectivity index (χ1v) is 4.19.